The van der Waals surface area contributed by atoms with Crippen molar-refractivity contribution in [2.24, 2.45) is 5.92 Å². The molecule has 1 fully saturated rings. The second-order valence-electron chi connectivity index (χ2n) is 6.19. The fourth-order valence-corrected chi connectivity index (χ4v) is 2.74. The van der Waals surface area contributed by atoms with E-state index >= 15 is 0 Å². The number of nitro groups is 1. The van der Waals surface area contributed by atoms with Crippen molar-refractivity contribution in [2.75, 3.05) is 31.1 Å². The summed E-state index contributed by atoms with van der Waals surface area (Å²) < 4.78 is 5.01. The number of amides is 1. The molecule has 138 valence electrons. The average Bonchev–Trinajstić information content (AvgIpc) is 2.64. The Hall–Kier alpha value is -3.08. The largest absolute Gasteiger partial charge is 0.452 e. The third-order valence-corrected chi connectivity index (χ3v) is 4.26. The molecule has 0 bridgehead atoms. The van der Waals surface area contributed by atoms with Crippen LogP contribution in [0.1, 0.15) is 30.1 Å². The number of anilines is 1. The summed E-state index contributed by atoms with van der Waals surface area (Å²) in [6.07, 6.45) is 6.98. The molecule has 1 amide bonds. The van der Waals surface area contributed by atoms with Gasteiger partial charge in [0.15, 0.2) is 6.61 Å². The predicted octanol–water partition coefficient (Wildman–Crippen LogP) is 1.74. The van der Waals surface area contributed by atoms with Crippen molar-refractivity contribution < 1.29 is 19.2 Å². The van der Waals surface area contributed by atoms with Crippen molar-refractivity contribution >= 4 is 23.3 Å². The Bertz CT molecular complexity index is 733. The molecule has 0 atom stereocenters. The summed E-state index contributed by atoms with van der Waals surface area (Å²) in [7, 11) is 0. The summed E-state index contributed by atoms with van der Waals surface area (Å²) in [4.78, 5) is 36.5. The van der Waals surface area contributed by atoms with Gasteiger partial charge in [-0.15, -0.1) is 6.42 Å². The first-order chi connectivity index (χ1) is 12.4. The molecule has 1 saturated heterocycles. The van der Waals surface area contributed by atoms with E-state index in [0.717, 1.165) is 25.9 Å². The number of benzene rings is 1. The van der Waals surface area contributed by atoms with Gasteiger partial charge in [-0.2, -0.15) is 0 Å². The Morgan fingerprint density at radius 2 is 2.12 bits per heavy atom. The van der Waals surface area contributed by atoms with E-state index in [4.69, 9.17) is 11.2 Å². The second-order valence-corrected chi connectivity index (χ2v) is 6.19. The van der Waals surface area contributed by atoms with Crippen LogP contribution in [0.25, 0.3) is 0 Å². The number of ether oxygens (including phenoxy) is 1. The van der Waals surface area contributed by atoms with Gasteiger partial charge < -0.3 is 15.0 Å². The summed E-state index contributed by atoms with van der Waals surface area (Å²) in [5, 5.41) is 13.4. The molecule has 0 aromatic heterocycles. The first-order valence-electron chi connectivity index (χ1n) is 8.33. The maximum absolute atomic E-state index is 12.4. The predicted molar refractivity (Wildman–Crippen MR) is 95.8 cm³/mol. The first kappa shape index (κ1) is 19.2. The molecular formula is C18H21N3O5. The number of non-ortho nitro benzene ring substituents is 1. The van der Waals surface area contributed by atoms with Crippen LogP contribution in [0.15, 0.2) is 18.2 Å². The number of nitrogens with zero attached hydrogens (tertiary/aromatic N) is 2. The van der Waals surface area contributed by atoms with Crippen molar-refractivity contribution in [3.8, 4) is 12.3 Å². The zero-order valence-corrected chi connectivity index (χ0v) is 14.6. The number of terminal acetylenes is 1. The Labute approximate surface area is 151 Å². The molecule has 0 unspecified atom stereocenters. The van der Waals surface area contributed by atoms with Crippen LogP contribution in [0.2, 0.25) is 0 Å². The number of esters is 1. The molecule has 2 rings (SSSR count). The van der Waals surface area contributed by atoms with E-state index < -0.39 is 23.4 Å². The number of carbonyl (C=O) groups excluding carboxylic acids is 2. The van der Waals surface area contributed by atoms with Gasteiger partial charge in [0.1, 0.15) is 0 Å². The smallest absolute Gasteiger partial charge is 0.341 e. The fourth-order valence-electron chi connectivity index (χ4n) is 2.74. The molecule has 26 heavy (non-hydrogen) atoms. The normalized spacial score (nSPS) is 14.4. The van der Waals surface area contributed by atoms with E-state index in [1.54, 1.807) is 6.07 Å². The Balaban J connectivity index is 2.18. The molecule has 1 aliphatic heterocycles. The number of hydrogen-bond donors (Lipinski definition) is 1. The Kier molecular flexibility index (Phi) is 6.55. The summed E-state index contributed by atoms with van der Waals surface area (Å²) in [5.74, 6) is 1.52. The van der Waals surface area contributed by atoms with Crippen molar-refractivity contribution in [3.63, 3.8) is 0 Å². The van der Waals surface area contributed by atoms with Crippen LogP contribution < -0.4 is 10.2 Å². The minimum atomic E-state index is -0.779. The quantitative estimate of drug-likeness (QED) is 0.359. The highest BCUT2D eigenvalue weighted by atomic mass is 16.6. The van der Waals surface area contributed by atoms with Crippen molar-refractivity contribution in [3.05, 3.63) is 33.9 Å². The first-order valence-corrected chi connectivity index (χ1v) is 8.33. The highest BCUT2D eigenvalue weighted by molar-refractivity contribution is 5.97. The van der Waals surface area contributed by atoms with Gasteiger partial charge in [-0.05, 0) is 24.8 Å². The SMILES string of the molecule is C#CCNC(=O)COC(=O)c1cc([N+](=O)[O-])ccc1N1CCC(C)CC1. The number of rotatable bonds is 6. The Morgan fingerprint density at radius 1 is 1.42 bits per heavy atom. The lowest BCUT2D eigenvalue weighted by Gasteiger charge is -2.33. The van der Waals surface area contributed by atoms with Gasteiger partial charge in [0.2, 0.25) is 0 Å². The van der Waals surface area contributed by atoms with Crippen molar-refractivity contribution in [1.29, 1.82) is 0 Å². The molecule has 0 aliphatic carbocycles. The maximum Gasteiger partial charge on any atom is 0.341 e. The van der Waals surface area contributed by atoms with E-state index in [1.807, 2.05) is 4.90 Å². The molecule has 8 nitrogen and oxygen atoms in total. The molecule has 0 saturated carbocycles. The number of nitro benzene ring substituents is 1. The van der Waals surface area contributed by atoms with Crippen molar-refractivity contribution in [1.82, 2.24) is 5.32 Å². The monoisotopic (exact) mass is 359 g/mol. The van der Waals surface area contributed by atoms with Crippen LogP contribution in [0.4, 0.5) is 11.4 Å². The van der Waals surface area contributed by atoms with Gasteiger partial charge in [0.25, 0.3) is 11.6 Å². The highest BCUT2D eigenvalue weighted by Gasteiger charge is 2.24. The van der Waals surface area contributed by atoms with Crippen molar-refractivity contribution in [2.45, 2.75) is 19.8 Å². The third-order valence-electron chi connectivity index (χ3n) is 4.26. The van der Waals surface area contributed by atoms with E-state index in [1.165, 1.54) is 12.1 Å². The third kappa shape index (κ3) is 4.96. The minimum Gasteiger partial charge on any atom is -0.452 e. The van der Waals surface area contributed by atoms with E-state index in [0.29, 0.717) is 11.6 Å². The standard InChI is InChI=1S/C18H21N3O5/c1-3-8-19-17(22)12-26-18(23)15-11-14(21(24)25)4-5-16(15)20-9-6-13(2)7-10-20/h1,4-5,11,13H,6-10,12H2,2H3,(H,19,22). The highest BCUT2D eigenvalue weighted by Crippen LogP contribution is 2.29. The zero-order chi connectivity index (χ0) is 19.1. The molecular weight excluding hydrogens is 338 g/mol. The number of carbonyl (C=O) groups is 2. The molecule has 1 heterocycles. The summed E-state index contributed by atoms with van der Waals surface area (Å²) in [6, 6.07) is 4.11. The Morgan fingerprint density at radius 3 is 2.73 bits per heavy atom. The lowest BCUT2D eigenvalue weighted by Crippen LogP contribution is -2.34. The summed E-state index contributed by atoms with van der Waals surface area (Å²) in [5.41, 5.74) is 0.456. The zero-order valence-electron chi connectivity index (χ0n) is 14.6. The van der Waals surface area contributed by atoms with Gasteiger partial charge in [0.05, 0.1) is 22.7 Å². The van der Waals surface area contributed by atoms with Crippen LogP contribution in [-0.4, -0.2) is 43.0 Å². The topological polar surface area (TPSA) is 102 Å². The molecule has 1 aromatic rings. The van der Waals surface area contributed by atoms with Crippen LogP contribution in [0.3, 0.4) is 0 Å². The van der Waals surface area contributed by atoms with Gasteiger partial charge in [-0.1, -0.05) is 12.8 Å². The molecule has 0 spiro atoms. The molecule has 1 N–H and O–H groups in total. The summed E-state index contributed by atoms with van der Waals surface area (Å²) >= 11 is 0. The number of piperidine rings is 1. The minimum absolute atomic E-state index is 0.0321. The second kappa shape index (κ2) is 8.85. The van der Waals surface area contributed by atoms with Crippen LogP contribution in [-0.2, 0) is 9.53 Å². The van der Waals surface area contributed by atoms with Gasteiger partial charge >= 0.3 is 5.97 Å². The van der Waals surface area contributed by atoms with E-state index in [2.05, 4.69) is 18.2 Å². The van der Waals surface area contributed by atoms with Gasteiger partial charge in [-0.3, -0.25) is 14.9 Å². The average molecular weight is 359 g/mol. The lowest BCUT2D eigenvalue weighted by atomic mass is 9.98. The van der Waals surface area contributed by atoms with E-state index in [-0.39, 0.29) is 17.8 Å². The van der Waals surface area contributed by atoms with Gasteiger partial charge in [0, 0.05) is 25.2 Å². The molecule has 0 radical (unpaired) electrons. The van der Waals surface area contributed by atoms with Crippen LogP contribution >= 0.6 is 0 Å². The van der Waals surface area contributed by atoms with Gasteiger partial charge in [-0.25, -0.2) is 4.79 Å². The number of nitrogens with one attached hydrogen (secondary N) is 1. The van der Waals surface area contributed by atoms with Crippen LogP contribution in [0.5, 0.6) is 0 Å². The summed E-state index contributed by atoms with van der Waals surface area (Å²) in [6.45, 7) is 3.20. The van der Waals surface area contributed by atoms with E-state index in [9.17, 15) is 19.7 Å². The fraction of sp³-hybridized carbons (Fsp3) is 0.444. The van der Waals surface area contributed by atoms with Crippen LogP contribution in [0, 0.1) is 28.4 Å². The molecule has 1 aromatic carbocycles. The molecule has 8 heteroatoms. The number of hydrogen-bond acceptors (Lipinski definition) is 6. The lowest BCUT2D eigenvalue weighted by molar-refractivity contribution is -0.384. The maximum atomic E-state index is 12.4. The molecule has 1 aliphatic rings.